The molecule has 1 N–H and O–H groups in total. The number of carbonyl (C=O) groups is 2. The summed E-state index contributed by atoms with van der Waals surface area (Å²) in [5.74, 6) is -1.62. The van der Waals surface area contributed by atoms with Crippen molar-refractivity contribution in [3.05, 3.63) is 107 Å². The number of para-hydroxylation sites is 1. The number of rotatable bonds is 7. The number of aliphatic hydroxyl groups is 1. The fourth-order valence-corrected chi connectivity index (χ4v) is 3.98. The summed E-state index contributed by atoms with van der Waals surface area (Å²) in [6.07, 6.45) is 0.597. The van der Waals surface area contributed by atoms with Crippen molar-refractivity contribution in [3.63, 3.8) is 0 Å². The molecule has 0 spiro atoms. The Morgan fingerprint density at radius 1 is 1.00 bits per heavy atom. The third-order valence-electron chi connectivity index (χ3n) is 5.53. The van der Waals surface area contributed by atoms with Crippen LogP contribution in [0.2, 0.25) is 0 Å². The predicted octanol–water partition coefficient (Wildman–Crippen LogP) is 4.94. The maximum Gasteiger partial charge on any atom is 0.294 e. The van der Waals surface area contributed by atoms with E-state index in [0.29, 0.717) is 23.4 Å². The Morgan fingerprint density at radius 3 is 2.34 bits per heavy atom. The zero-order valence-electron chi connectivity index (χ0n) is 17.5. The summed E-state index contributed by atoms with van der Waals surface area (Å²) in [5.41, 5.74) is 1.92. The minimum atomic E-state index is -0.896. The molecule has 3 aromatic carbocycles. The molecule has 1 heterocycles. The molecule has 1 amide bonds. The largest absolute Gasteiger partial charge is 0.503 e. The Labute approximate surface area is 185 Å². The van der Waals surface area contributed by atoms with Gasteiger partial charge in [0.2, 0.25) is 0 Å². The van der Waals surface area contributed by atoms with E-state index in [1.165, 1.54) is 36.3 Å². The summed E-state index contributed by atoms with van der Waals surface area (Å²) >= 11 is 0. The van der Waals surface area contributed by atoms with Gasteiger partial charge in [-0.3, -0.25) is 14.5 Å². The molecule has 0 saturated heterocycles. The van der Waals surface area contributed by atoms with Crippen molar-refractivity contribution in [1.29, 1.82) is 0 Å². The maximum atomic E-state index is 13.5. The molecule has 1 unspecified atom stereocenters. The van der Waals surface area contributed by atoms with Crippen LogP contribution in [0.3, 0.4) is 0 Å². The molecule has 0 radical (unpaired) electrons. The molecule has 162 valence electrons. The summed E-state index contributed by atoms with van der Waals surface area (Å²) in [6, 6.07) is 21.0. The number of ketones is 1. The van der Waals surface area contributed by atoms with Crippen molar-refractivity contribution < 1.29 is 23.8 Å². The smallest absolute Gasteiger partial charge is 0.294 e. The number of aliphatic hydroxyl groups excluding tert-OH is 1. The lowest BCUT2D eigenvalue weighted by molar-refractivity contribution is -0.118. The van der Waals surface area contributed by atoms with Crippen LogP contribution in [0.5, 0.6) is 5.75 Å². The van der Waals surface area contributed by atoms with Crippen LogP contribution in [-0.4, -0.2) is 23.9 Å². The maximum absolute atomic E-state index is 13.5. The molecule has 5 nitrogen and oxygen atoms in total. The molecule has 0 saturated carbocycles. The Balaban J connectivity index is 1.76. The summed E-state index contributed by atoms with van der Waals surface area (Å²) in [6.45, 7) is 0. The average molecular weight is 431 g/mol. The number of anilines is 1. The number of ether oxygens (including phenoxy) is 1. The second-order valence-electron chi connectivity index (χ2n) is 7.47. The Kier molecular flexibility index (Phi) is 6.03. The lowest BCUT2D eigenvalue weighted by Crippen LogP contribution is -2.31. The number of benzene rings is 3. The highest BCUT2D eigenvalue weighted by atomic mass is 19.1. The normalized spacial score (nSPS) is 15.9. The minimum Gasteiger partial charge on any atom is -0.503 e. The lowest BCUT2D eigenvalue weighted by Gasteiger charge is -2.28. The van der Waals surface area contributed by atoms with Crippen molar-refractivity contribution in [3.8, 4) is 5.75 Å². The van der Waals surface area contributed by atoms with Crippen LogP contribution in [0.1, 0.15) is 23.6 Å². The quantitative estimate of drug-likeness (QED) is 0.576. The third kappa shape index (κ3) is 3.99. The highest BCUT2D eigenvalue weighted by Gasteiger charge is 2.45. The fourth-order valence-electron chi connectivity index (χ4n) is 3.98. The zero-order chi connectivity index (χ0) is 22.7. The van der Waals surface area contributed by atoms with E-state index in [1.807, 2.05) is 30.3 Å². The van der Waals surface area contributed by atoms with Crippen LogP contribution < -0.4 is 9.64 Å². The number of methoxy groups -OCH3 is 1. The standard InChI is InChI=1S/C26H22FNO4/c1-32-22-10-6-5-9-20(22)24-23(21(29)16-11-17-7-3-2-4-8-17)25(30)26(31)28(24)19-14-12-18(27)13-15-19/h2-10,12-15,24,30H,11,16H2,1H3. The second kappa shape index (κ2) is 9.06. The third-order valence-corrected chi connectivity index (χ3v) is 5.53. The Bertz CT molecular complexity index is 1170. The van der Waals surface area contributed by atoms with E-state index in [1.54, 1.807) is 24.3 Å². The van der Waals surface area contributed by atoms with Gasteiger partial charge in [-0.2, -0.15) is 0 Å². The number of hydrogen-bond acceptors (Lipinski definition) is 4. The summed E-state index contributed by atoms with van der Waals surface area (Å²) in [4.78, 5) is 27.7. The van der Waals surface area contributed by atoms with Gasteiger partial charge in [-0.25, -0.2) is 4.39 Å². The summed E-state index contributed by atoms with van der Waals surface area (Å²) < 4.78 is 19.0. The SMILES string of the molecule is COc1ccccc1C1C(C(=O)CCc2ccccc2)=C(O)C(=O)N1c1ccc(F)cc1. The molecule has 0 aromatic heterocycles. The first-order chi connectivity index (χ1) is 15.5. The van der Waals surface area contributed by atoms with E-state index in [0.717, 1.165) is 5.56 Å². The monoisotopic (exact) mass is 431 g/mol. The molecular weight excluding hydrogens is 409 g/mol. The van der Waals surface area contributed by atoms with Crippen LogP contribution in [-0.2, 0) is 16.0 Å². The van der Waals surface area contributed by atoms with Gasteiger partial charge >= 0.3 is 0 Å². The first kappa shape index (κ1) is 21.3. The van der Waals surface area contributed by atoms with Gasteiger partial charge < -0.3 is 9.84 Å². The van der Waals surface area contributed by atoms with E-state index in [2.05, 4.69) is 0 Å². The van der Waals surface area contributed by atoms with Gasteiger partial charge in [-0.15, -0.1) is 0 Å². The van der Waals surface area contributed by atoms with E-state index < -0.39 is 23.5 Å². The molecule has 6 heteroatoms. The number of halogens is 1. The van der Waals surface area contributed by atoms with Gasteiger partial charge in [-0.05, 0) is 42.3 Å². The first-order valence-electron chi connectivity index (χ1n) is 10.2. The van der Waals surface area contributed by atoms with Crippen molar-refractivity contribution in [2.24, 2.45) is 0 Å². The molecule has 0 bridgehead atoms. The number of amides is 1. The molecule has 32 heavy (non-hydrogen) atoms. The predicted molar refractivity (Wildman–Crippen MR) is 119 cm³/mol. The highest BCUT2D eigenvalue weighted by Crippen LogP contribution is 2.44. The average Bonchev–Trinajstić information content (AvgIpc) is 3.09. The number of hydrogen-bond donors (Lipinski definition) is 1. The van der Waals surface area contributed by atoms with Gasteiger partial charge in [0.25, 0.3) is 5.91 Å². The topological polar surface area (TPSA) is 66.8 Å². The molecule has 4 rings (SSSR count). The van der Waals surface area contributed by atoms with Crippen LogP contribution in [0.25, 0.3) is 0 Å². The van der Waals surface area contributed by atoms with E-state index in [-0.39, 0.29) is 17.8 Å². The van der Waals surface area contributed by atoms with Crippen LogP contribution in [0, 0.1) is 5.82 Å². The van der Waals surface area contributed by atoms with Gasteiger partial charge in [0.1, 0.15) is 11.6 Å². The zero-order valence-corrected chi connectivity index (χ0v) is 17.5. The molecule has 1 aliphatic rings. The Morgan fingerprint density at radius 2 is 1.66 bits per heavy atom. The number of nitrogens with zero attached hydrogens (tertiary/aromatic N) is 1. The first-order valence-corrected chi connectivity index (χ1v) is 10.2. The van der Waals surface area contributed by atoms with Crippen molar-refractivity contribution in [2.75, 3.05) is 12.0 Å². The van der Waals surface area contributed by atoms with E-state index in [4.69, 9.17) is 4.74 Å². The highest BCUT2D eigenvalue weighted by molar-refractivity contribution is 6.16. The molecule has 1 atom stereocenters. The molecular formula is C26H22FNO4. The molecule has 1 aliphatic heterocycles. The molecule has 0 fully saturated rings. The summed E-state index contributed by atoms with van der Waals surface area (Å²) in [5, 5.41) is 10.8. The Hall–Kier alpha value is -3.93. The van der Waals surface area contributed by atoms with Crippen molar-refractivity contribution in [2.45, 2.75) is 18.9 Å². The van der Waals surface area contributed by atoms with Gasteiger partial charge in [0, 0.05) is 17.7 Å². The van der Waals surface area contributed by atoms with Crippen LogP contribution >= 0.6 is 0 Å². The van der Waals surface area contributed by atoms with Crippen LogP contribution in [0.4, 0.5) is 10.1 Å². The minimum absolute atomic E-state index is 0.0137. The van der Waals surface area contributed by atoms with Crippen molar-refractivity contribution >= 4 is 17.4 Å². The molecule has 0 aliphatic carbocycles. The summed E-state index contributed by atoms with van der Waals surface area (Å²) in [7, 11) is 1.50. The van der Waals surface area contributed by atoms with Crippen LogP contribution in [0.15, 0.2) is 90.2 Å². The lowest BCUT2D eigenvalue weighted by atomic mass is 9.92. The van der Waals surface area contributed by atoms with Gasteiger partial charge in [0.15, 0.2) is 11.5 Å². The van der Waals surface area contributed by atoms with E-state index in [9.17, 15) is 19.1 Å². The van der Waals surface area contributed by atoms with E-state index >= 15 is 0 Å². The molecule has 3 aromatic rings. The number of aryl methyl sites for hydroxylation is 1. The van der Waals surface area contributed by atoms with Gasteiger partial charge in [0.05, 0.1) is 18.7 Å². The number of Topliss-reactive ketones (excluding diaryl/α,β-unsaturated/α-hetero) is 1. The fraction of sp³-hybridized carbons (Fsp3) is 0.154. The second-order valence-corrected chi connectivity index (χ2v) is 7.47. The number of carbonyl (C=O) groups excluding carboxylic acids is 2. The van der Waals surface area contributed by atoms with Crippen molar-refractivity contribution in [1.82, 2.24) is 0 Å². The van der Waals surface area contributed by atoms with Gasteiger partial charge in [-0.1, -0.05) is 48.5 Å².